The molecule has 0 N–H and O–H groups in total. The molecule has 0 heterocycles. The molecule has 6 aromatic carbocycles. The summed E-state index contributed by atoms with van der Waals surface area (Å²) in [5.41, 5.74) is 5.13. The predicted octanol–water partition coefficient (Wildman–Crippen LogP) is 22.6. The van der Waals surface area contributed by atoms with Crippen LogP contribution in [0.25, 0.3) is 0 Å². The number of hydrogen-bond donors (Lipinski definition) is 0. The number of Topliss-reactive ketones (excluding diaryl/α,β-unsaturated/α-hetero) is 6. The zero-order valence-electron chi connectivity index (χ0n) is 58.0. The lowest BCUT2D eigenvalue weighted by molar-refractivity contribution is 0.0739. The molecule has 0 spiro atoms. The van der Waals surface area contributed by atoms with E-state index in [1.807, 2.05) is 189 Å². The topological polar surface area (TPSA) is 102 Å². The average Bonchev–Trinajstić information content (AvgIpc) is 3.67. The van der Waals surface area contributed by atoms with Crippen LogP contribution in [0.2, 0.25) is 0 Å². The van der Waals surface area contributed by atoms with Crippen LogP contribution in [0.1, 0.15) is 253 Å². The van der Waals surface area contributed by atoms with E-state index in [9.17, 15) is 28.8 Å². The summed E-state index contributed by atoms with van der Waals surface area (Å²) in [6.07, 6.45) is 6.19. The van der Waals surface area contributed by atoms with Gasteiger partial charge < -0.3 is 0 Å². The predicted molar refractivity (Wildman–Crippen MR) is 370 cm³/mol. The molecule has 6 nitrogen and oxygen atoms in total. The number of rotatable bonds is 18. The molecule has 5 atom stereocenters. The molecular weight excluding hydrogens is 1070 g/mol. The number of benzene rings is 6. The van der Waals surface area contributed by atoms with Crippen LogP contribution in [0.3, 0.4) is 0 Å². The molecular formula is C81H114O6. The molecule has 0 aromatic heterocycles. The molecule has 0 aliphatic rings. The van der Waals surface area contributed by atoms with Crippen molar-refractivity contribution in [1.82, 2.24) is 0 Å². The van der Waals surface area contributed by atoms with Crippen molar-refractivity contribution in [2.75, 3.05) is 0 Å². The highest BCUT2D eigenvalue weighted by Crippen LogP contribution is 2.37. The Bertz CT molecular complexity index is 2890. The third-order valence-electron chi connectivity index (χ3n) is 16.0. The van der Waals surface area contributed by atoms with Crippen molar-refractivity contribution in [3.63, 3.8) is 0 Å². The number of ketones is 6. The molecule has 0 fully saturated rings. The van der Waals surface area contributed by atoms with Gasteiger partial charge in [0, 0.05) is 63.0 Å². The molecule has 474 valence electrons. The molecule has 6 aromatic rings. The van der Waals surface area contributed by atoms with Crippen LogP contribution in [0.5, 0.6) is 0 Å². The molecule has 0 aliphatic carbocycles. The van der Waals surface area contributed by atoms with Crippen LogP contribution in [-0.2, 0) is 0 Å². The van der Waals surface area contributed by atoms with Crippen molar-refractivity contribution in [2.45, 2.75) is 191 Å². The average molecular weight is 1180 g/mol. The Hall–Kier alpha value is -6.66. The Kier molecular flexibility index (Phi) is 34.1. The molecule has 6 heteroatoms. The Morgan fingerprint density at radius 2 is 0.575 bits per heavy atom. The summed E-state index contributed by atoms with van der Waals surface area (Å²) in [6.45, 7) is 46.2. The molecule has 6 rings (SSSR count). The van der Waals surface area contributed by atoms with Crippen molar-refractivity contribution in [1.29, 1.82) is 0 Å². The Labute approximate surface area is 529 Å². The number of unbranched alkanes of at least 4 members (excludes halogenated alkanes) is 1. The van der Waals surface area contributed by atoms with Gasteiger partial charge in [-0.05, 0) is 59.2 Å². The quantitative estimate of drug-likeness (QED) is 0.0795. The second-order valence-electron chi connectivity index (χ2n) is 28.8. The zero-order chi connectivity index (χ0) is 66.3. The highest BCUT2D eigenvalue weighted by atomic mass is 16.1. The minimum atomic E-state index is 0.0150. The fourth-order valence-corrected chi connectivity index (χ4v) is 10.6. The van der Waals surface area contributed by atoms with E-state index in [0.29, 0.717) is 11.7 Å². The van der Waals surface area contributed by atoms with Crippen LogP contribution < -0.4 is 0 Å². The lowest BCUT2D eigenvalue weighted by Crippen LogP contribution is -2.33. The summed E-state index contributed by atoms with van der Waals surface area (Å²) < 4.78 is 0. The van der Waals surface area contributed by atoms with Gasteiger partial charge in [-0.3, -0.25) is 28.8 Å². The van der Waals surface area contributed by atoms with Crippen molar-refractivity contribution >= 4 is 34.7 Å². The second kappa shape index (κ2) is 37.9. The molecule has 0 aliphatic heterocycles. The largest absolute Gasteiger partial charge is 0.295 e. The maximum atomic E-state index is 12.5. The van der Waals surface area contributed by atoms with Gasteiger partial charge in [0.25, 0.3) is 0 Å². The Morgan fingerprint density at radius 1 is 0.310 bits per heavy atom. The fourth-order valence-electron chi connectivity index (χ4n) is 10.6. The first-order chi connectivity index (χ1) is 40.5. The number of carbonyl (C=O) groups is 6. The van der Waals surface area contributed by atoms with E-state index in [-0.39, 0.29) is 85.6 Å². The van der Waals surface area contributed by atoms with E-state index in [4.69, 9.17) is 0 Å². The second-order valence-corrected chi connectivity index (χ2v) is 28.8. The van der Waals surface area contributed by atoms with Gasteiger partial charge in [0.15, 0.2) is 34.7 Å². The van der Waals surface area contributed by atoms with E-state index in [2.05, 4.69) is 138 Å². The molecule has 0 radical (unpaired) electrons. The monoisotopic (exact) mass is 1180 g/mol. The SMILES string of the molecule is CC(=O)c1ccccc1.CC(C(=O)c1ccccc1)C(C)(C)C.CC(C)C(C(=O)c1ccccc1)C(C)(C)C.CCC(C(=O)c1ccccc1)C(C)(C)C.CCCC(C(=O)c1ccccc1)C(C)(C)C.CCCCC(C(=O)c1ccccc1)C(C)(C)C. The number of hydrogen-bond acceptors (Lipinski definition) is 6. The first-order valence-corrected chi connectivity index (χ1v) is 32.0. The Balaban J connectivity index is 0.000000526. The van der Waals surface area contributed by atoms with E-state index < -0.39 is 0 Å². The lowest BCUT2D eigenvalue weighted by atomic mass is 9.70. The van der Waals surface area contributed by atoms with Crippen molar-refractivity contribution in [3.05, 3.63) is 215 Å². The summed E-state index contributed by atoms with van der Waals surface area (Å²) in [4.78, 5) is 72.2. The van der Waals surface area contributed by atoms with E-state index in [1.165, 1.54) is 0 Å². The van der Waals surface area contributed by atoms with Gasteiger partial charge >= 0.3 is 0 Å². The molecule has 0 amide bonds. The van der Waals surface area contributed by atoms with Gasteiger partial charge in [0.2, 0.25) is 0 Å². The van der Waals surface area contributed by atoms with Crippen LogP contribution >= 0.6 is 0 Å². The third kappa shape index (κ3) is 28.8. The van der Waals surface area contributed by atoms with E-state index in [0.717, 1.165) is 71.9 Å². The maximum absolute atomic E-state index is 12.5. The summed E-state index contributed by atoms with van der Waals surface area (Å²) >= 11 is 0. The summed E-state index contributed by atoms with van der Waals surface area (Å²) in [7, 11) is 0. The zero-order valence-corrected chi connectivity index (χ0v) is 58.0. The molecule has 0 saturated carbocycles. The summed E-state index contributed by atoms with van der Waals surface area (Å²) in [5.74, 6) is 2.35. The minimum absolute atomic E-state index is 0.0150. The van der Waals surface area contributed by atoms with Gasteiger partial charge in [-0.2, -0.15) is 0 Å². The number of carbonyl (C=O) groups excluding carboxylic acids is 6. The summed E-state index contributed by atoms with van der Waals surface area (Å²) in [6, 6.07) is 57.2. The molecule has 0 bridgehead atoms. The van der Waals surface area contributed by atoms with Crippen molar-refractivity contribution in [3.8, 4) is 0 Å². The van der Waals surface area contributed by atoms with E-state index >= 15 is 0 Å². The molecule has 5 unspecified atom stereocenters. The van der Waals surface area contributed by atoms with Crippen molar-refractivity contribution in [2.24, 2.45) is 62.6 Å². The van der Waals surface area contributed by atoms with Gasteiger partial charge in [-0.25, -0.2) is 0 Å². The molecule has 0 saturated heterocycles. The van der Waals surface area contributed by atoms with Crippen LogP contribution in [0.15, 0.2) is 182 Å². The fraction of sp³-hybridized carbons (Fsp3) is 0.481. The summed E-state index contributed by atoms with van der Waals surface area (Å²) in [5, 5.41) is 0. The van der Waals surface area contributed by atoms with Gasteiger partial charge in [-0.15, -0.1) is 0 Å². The van der Waals surface area contributed by atoms with Crippen LogP contribution in [0, 0.1) is 62.6 Å². The van der Waals surface area contributed by atoms with E-state index in [1.54, 1.807) is 6.92 Å². The first kappa shape index (κ1) is 78.4. The smallest absolute Gasteiger partial charge is 0.166 e. The minimum Gasteiger partial charge on any atom is -0.295 e. The van der Waals surface area contributed by atoms with Gasteiger partial charge in [0.1, 0.15) is 0 Å². The van der Waals surface area contributed by atoms with Crippen molar-refractivity contribution < 1.29 is 28.8 Å². The van der Waals surface area contributed by atoms with Crippen LogP contribution in [0.4, 0.5) is 0 Å². The first-order valence-electron chi connectivity index (χ1n) is 32.0. The maximum Gasteiger partial charge on any atom is 0.166 e. The lowest BCUT2D eigenvalue weighted by Gasteiger charge is -2.32. The standard InChI is InChI=1S/C16H24O.2C15H22O.C14H20O.C13H18O.C8H8O/c1-5-6-12-14(16(2,3)4)15(17)13-10-8-7-9-11-13;1-11(2)13(15(3,4)5)14(16)12-9-7-6-8-10-12;1-5-9-13(15(2,3)4)14(16)12-10-7-6-8-11-12;1-5-12(14(2,3)4)13(15)11-9-7-6-8-10-11;1-10(13(2,3)4)12(14)11-8-6-5-7-9-11;1-7(9)8-5-3-2-4-6-8/h7-11,14H,5-6,12H2,1-4H3;6-11,13H,1-5H3;6-8,10-11,13H,5,9H2,1-4H3;6-10,12H,5H2,1-4H3;5-10H,1-4H3;2-6H,1H3. The van der Waals surface area contributed by atoms with Gasteiger partial charge in [-0.1, -0.05) is 347 Å². The third-order valence-corrected chi connectivity index (χ3v) is 16.0. The normalized spacial score (nSPS) is 13.1. The highest BCUT2D eigenvalue weighted by Gasteiger charge is 2.35. The van der Waals surface area contributed by atoms with Crippen LogP contribution in [-0.4, -0.2) is 34.7 Å². The highest BCUT2D eigenvalue weighted by molar-refractivity contribution is 6.00. The Morgan fingerprint density at radius 3 is 0.793 bits per heavy atom. The van der Waals surface area contributed by atoms with Gasteiger partial charge in [0.05, 0.1) is 0 Å². The molecule has 87 heavy (non-hydrogen) atoms.